The van der Waals surface area contributed by atoms with Crippen LogP contribution in [0.5, 0.6) is 0 Å². The second-order valence-corrected chi connectivity index (χ2v) is 7.77. The van der Waals surface area contributed by atoms with Crippen LogP contribution in [-0.2, 0) is 36.7 Å². The fourth-order valence-corrected chi connectivity index (χ4v) is 4.06. The monoisotopic (exact) mass is 411 g/mol. The Hall–Kier alpha value is -2.89. The lowest BCUT2D eigenvalue weighted by Crippen LogP contribution is -2.35. The first kappa shape index (κ1) is 21.8. The van der Waals surface area contributed by atoms with Gasteiger partial charge in [-0.2, -0.15) is 0 Å². The summed E-state index contributed by atoms with van der Waals surface area (Å²) in [6.07, 6.45) is 4.85. The van der Waals surface area contributed by atoms with Crippen LogP contribution in [0.2, 0.25) is 0 Å². The molecule has 0 atom stereocenters. The van der Waals surface area contributed by atoms with Crippen LogP contribution >= 0.6 is 0 Å². The minimum atomic E-state index is -0.327. The van der Waals surface area contributed by atoms with Crippen molar-refractivity contribution >= 4 is 17.5 Å². The summed E-state index contributed by atoms with van der Waals surface area (Å²) in [5.74, 6) is -0.543. The number of rotatable bonds is 7. The van der Waals surface area contributed by atoms with E-state index in [0.29, 0.717) is 30.4 Å². The lowest BCUT2D eigenvalue weighted by Gasteiger charge is -2.26. The Labute approximate surface area is 177 Å². The van der Waals surface area contributed by atoms with Gasteiger partial charge in [0.2, 0.25) is 29.0 Å². The first-order chi connectivity index (χ1) is 14.5. The number of allylic oxidation sites excluding steroid dienone is 2. The molecule has 0 unspecified atom stereocenters. The number of piperidine rings is 1. The molecule has 0 bridgehead atoms. The number of carbonyl (C=O) groups is 3. The Morgan fingerprint density at radius 3 is 2.27 bits per heavy atom. The van der Waals surface area contributed by atoms with Crippen LogP contribution in [0.3, 0.4) is 0 Å². The van der Waals surface area contributed by atoms with E-state index in [4.69, 9.17) is 9.47 Å². The Morgan fingerprint density at radius 1 is 0.967 bits per heavy atom. The highest BCUT2D eigenvalue weighted by Crippen LogP contribution is 2.28. The molecule has 3 rings (SSSR count). The molecule has 160 valence electrons. The number of ketones is 2. The summed E-state index contributed by atoms with van der Waals surface area (Å²) in [6.45, 7) is 3.37. The molecule has 30 heavy (non-hydrogen) atoms. The van der Waals surface area contributed by atoms with Gasteiger partial charge in [0.25, 0.3) is 0 Å². The van der Waals surface area contributed by atoms with Gasteiger partial charge in [0.05, 0.1) is 14.2 Å². The summed E-state index contributed by atoms with van der Waals surface area (Å²) in [4.78, 5) is 39.8. The quantitative estimate of drug-likeness (QED) is 0.645. The molecule has 1 fully saturated rings. The van der Waals surface area contributed by atoms with Gasteiger partial charge in [0, 0.05) is 37.1 Å². The number of nitrogens with zero attached hydrogens (tertiary/aromatic N) is 1. The molecule has 0 spiro atoms. The van der Waals surface area contributed by atoms with Crippen molar-refractivity contribution in [2.24, 2.45) is 0 Å². The maximum Gasteiger partial charge on any atom is 0.228 e. The lowest BCUT2D eigenvalue weighted by molar-refractivity contribution is -0.132. The highest BCUT2D eigenvalue weighted by Gasteiger charge is 2.34. The van der Waals surface area contributed by atoms with Gasteiger partial charge >= 0.3 is 0 Å². The third kappa shape index (κ3) is 4.64. The molecular formula is C24H29NO5. The second kappa shape index (κ2) is 9.74. The van der Waals surface area contributed by atoms with E-state index in [2.05, 4.69) is 0 Å². The van der Waals surface area contributed by atoms with E-state index in [1.807, 2.05) is 29.2 Å². The summed E-state index contributed by atoms with van der Waals surface area (Å²) in [6, 6.07) is 7.85. The number of aryl methyl sites for hydroxylation is 1. The molecule has 6 heteroatoms. The fraction of sp³-hybridized carbons (Fsp3) is 0.458. The van der Waals surface area contributed by atoms with Crippen LogP contribution < -0.4 is 0 Å². The number of methoxy groups -OCH3 is 2. The molecule has 0 aromatic heterocycles. The standard InChI is InChI=1S/C24H29NO5/c1-16-19(22(28)24(30-3)23(29-2)21(16)27)15-18-9-7-8-17(14-18)10-11-20(26)25-12-5-4-6-13-25/h7-9,14H,4-6,10-13,15H2,1-3H3. The van der Waals surface area contributed by atoms with E-state index in [0.717, 1.165) is 37.1 Å². The SMILES string of the molecule is COC1=C(OC)C(=O)C(Cc2cccc(CCC(=O)N3CCCCC3)c2)=C(C)C1=O. The second-order valence-electron chi connectivity index (χ2n) is 7.77. The van der Waals surface area contributed by atoms with Crippen LogP contribution in [-0.4, -0.2) is 49.7 Å². The van der Waals surface area contributed by atoms with E-state index >= 15 is 0 Å². The van der Waals surface area contributed by atoms with Gasteiger partial charge < -0.3 is 14.4 Å². The number of ether oxygens (including phenoxy) is 2. The Morgan fingerprint density at radius 2 is 1.60 bits per heavy atom. The highest BCUT2D eigenvalue weighted by molar-refractivity contribution is 6.23. The maximum atomic E-state index is 12.8. The summed E-state index contributed by atoms with van der Waals surface area (Å²) in [5, 5.41) is 0. The van der Waals surface area contributed by atoms with Crippen LogP contribution in [0.4, 0.5) is 0 Å². The summed E-state index contributed by atoms with van der Waals surface area (Å²) >= 11 is 0. The van der Waals surface area contributed by atoms with Gasteiger partial charge in [0.1, 0.15) is 0 Å². The Bertz CT molecular complexity index is 906. The average Bonchev–Trinajstić information content (AvgIpc) is 2.78. The predicted octanol–water partition coefficient (Wildman–Crippen LogP) is 3.15. The summed E-state index contributed by atoms with van der Waals surface area (Å²) < 4.78 is 10.2. The molecular weight excluding hydrogens is 382 g/mol. The maximum absolute atomic E-state index is 12.8. The number of Topliss-reactive ketones (excluding diaryl/α,β-unsaturated/α-hetero) is 2. The first-order valence-electron chi connectivity index (χ1n) is 10.4. The van der Waals surface area contributed by atoms with E-state index in [-0.39, 0.29) is 29.0 Å². The number of benzene rings is 1. The Balaban J connectivity index is 1.70. The number of hydrogen-bond donors (Lipinski definition) is 0. The minimum absolute atomic E-state index is 0.0475. The van der Waals surface area contributed by atoms with Gasteiger partial charge in [-0.05, 0) is 43.7 Å². The highest BCUT2D eigenvalue weighted by atomic mass is 16.5. The smallest absolute Gasteiger partial charge is 0.228 e. The van der Waals surface area contributed by atoms with Crippen molar-refractivity contribution in [2.75, 3.05) is 27.3 Å². The van der Waals surface area contributed by atoms with Gasteiger partial charge in [-0.15, -0.1) is 0 Å². The molecule has 1 aliphatic heterocycles. The molecule has 1 aliphatic carbocycles. The molecule has 6 nitrogen and oxygen atoms in total. The molecule has 1 saturated heterocycles. The third-order valence-corrected chi connectivity index (χ3v) is 5.80. The van der Waals surface area contributed by atoms with Crippen molar-refractivity contribution in [1.29, 1.82) is 0 Å². The topological polar surface area (TPSA) is 72.9 Å². The number of carbonyl (C=O) groups excluding carboxylic acids is 3. The van der Waals surface area contributed by atoms with Gasteiger partial charge in [-0.3, -0.25) is 14.4 Å². The van der Waals surface area contributed by atoms with Crippen molar-refractivity contribution in [1.82, 2.24) is 4.90 Å². The van der Waals surface area contributed by atoms with Crippen molar-refractivity contribution < 1.29 is 23.9 Å². The van der Waals surface area contributed by atoms with E-state index in [1.54, 1.807) is 6.92 Å². The van der Waals surface area contributed by atoms with Crippen LogP contribution in [0.1, 0.15) is 43.7 Å². The molecule has 0 saturated carbocycles. The van der Waals surface area contributed by atoms with Crippen LogP contribution in [0, 0.1) is 0 Å². The van der Waals surface area contributed by atoms with E-state index < -0.39 is 0 Å². The van der Waals surface area contributed by atoms with E-state index in [9.17, 15) is 14.4 Å². The molecule has 0 radical (unpaired) electrons. The van der Waals surface area contributed by atoms with Crippen LogP contribution in [0.15, 0.2) is 46.9 Å². The normalized spacial score (nSPS) is 17.5. The number of amides is 1. The van der Waals surface area contributed by atoms with Gasteiger partial charge in [-0.1, -0.05) is 24.3 Å². The minimum Gasteiger partial charge on any atom is -0.489 e. The van der Waals surface area contributed by atoms with Crippen LogP contribution in [0.25, 0.3) is 0 Å². The first-order valence-corrected chi connectivity index (χ1v) is 10.4. The predicted molar refractivity (Wildman–Crippen MR) is 113 cm³/mol. The number of likely N-dealkylation sites (tertiary alicyclic amines) is 1. The third-order valence-electron chi connectivity index (χ3n) is 5.80. The van der Waals surface area contributed by atoms with Gasteiger partial charge in [-0.25, -0.2) is 0 Å². The molecule has 1 aromatic carbocycles. The zero-order valence-corrected chi connectivity index (χ0v) is 18.0. The van der Waals surface area contributed by atoms with Crippen molar-refractivity contribution in [3.63, 3.8) is 0 Å². The zero-order chi connectivity index (χ0) is 21.7. The van der Waals surface area contributed by atoms with E-state index in [1.165, 1.54) is 20.6 Å². The molecule has 0 N–H and O–H groups in total. The average molecular weight is 411 g/mol. The fourth-order valence-electron chi connectivity index (χ4n) is 4.06. The molecule has 2 aliphatic rings. The van der Waals surface area contributed by atoms with Crippen molar-refractivity contribution in [2.45, 2.75) is 45.4 Å². The van der Waals surface area contributed by atoms with Crippen molar-refractivity contribution in [3.05, 3.63) is 58.1 Å². The molecule has 1 aromatic rings. The zero-order valence-electron chi connectivity index (χ0n) is 18.0. The molecule has 1 amide bonds. The van der Waals surface area contributed by atoms with Crippen molar-refractivity contribution in [3.8, 4) is 0 Å². The number of hydrogen-bond acceptors (Lipinski definition) is 5. The Kier molecular flexibility index (Phi) is 7.08. The molecule has 1 heterocycles. The summed E-state index contributed by atoms with van der Waals surface area (Å²) in [5.41, 5.74) is 2.76. The lowest BCUT2D eigenvalue weighted by atomic mass is 9.88. The largest absolute Gasteiger partial charge is 0.489 e. The summed E-state index contributed by atoms with van der Waals surface area (Å²) in [7, 11) is 2.71. The van der Waals surface area contributed by atoms with Gasteiger partial charge in [0.15, 0.2) is 0 Å².